The topological polar surface area (TPSA) is 63.4 Å². The van der Waals surface area contributed by atoms with Crippen LogP contribution in [0.1, 0.15) is 18.1 Å². The van der Waals surface area contributed by atoms with Crippen molar-refractivity contribution >= 4 is 5.69 Å². The molecule has 1 unspecified atom stereocenters. The molecule has 0 saturated carbocycles. The molecule has 7 heteroatoms. The maximum Gasteiger partial charge on any atom is 0.391 e. The number of aliphatic hydroxyl groups excluding tert-OH is 1. The zero-order valence-electron chi connectivity index (χ0n) is 7.94. The molecule has 0 fully saturated rings. The molecule has 4 nitrogen and oxygen atoms in total. The fourth-order valence-electron chi connectivity index (χ4n) is 1.16. The quantitative estimate of drug-likeness (QED) is 0.646. The minimum atomic E-state index is -4.47. The number of nitro benzene ring substituents is 1. The molecule has 0 radical (unpaired) electrons. The zero-order valence-corrected chi connectivity index (χ0v) is 7.94. The van der Waals surface area contributed by atoms with Gasteiger partial charge in [-0.05, 0) is 17.7 Å². The van der Waals surface area contributed by atoms with Crippen molar-refractivity contribution in [2.45, 2.75) is 18.7 Å². The first-order valence-electron chi connectivity index (χ1n) is 4.29. The standard InChI is InChI=1S/C9H8F3NO3/c10-9(11,12)5-8(14)6-1-3-7(4-2-6)13(15)16/h1-4,8,14H,5H2. The Hall–Kier alpha value is -1.63. The van der Waals surface area contributed by atoms with Crippen LogP contribution < -0.4 is 0 Å². The van der Waals surface area contributed by atoms with Crippen LogP contribution >= 0.6 is 0 Å². The van der Waals surface area contributed by atoms with Gasteiger partial charge in [0.1, 0.15) is 0 Å². The Balaban J connectivity index is 2.78. The highest BCUT2D eigenvalue weighted by molar-refractivity contribution is 5.33. The van der Waals surface area contributed by atoms with Gasteiger partial charge in [0, 0.05) is 12.1 Å². The number of benzene rings is 1. The lowest BCUT2D eigenvalue weighted by Crippen LogP contribution is -2.13. The zero-order chi connectivity index (χ0) is 12.3. The van der Waals surface area contributed by atoms with Crippen LogP contribution in [0, 0.1) is 10.1 Å². The molecule has 1 N–H and O–H groups in total. The summed E-state index contributed by atoms with van der Waals surface area (Å²) in [5, 5.41) is 19.5. The Kier molecular flexibility index (Phi) is 3.48. The van der Waals surface area contributed by atoms with Crippen molar-refractivity contribution < 1.29 is 23.2 Å². The van der Waals surface area contributed by atoms with Gasteiger partial charge in [0.05, 0.1) is 17.4 Å². The molecular formula is C9H8F3NO3. The molecule has 0 aromatic heterocycles. The minimum Gasteiger partial charge on any atom is -0.388 e. The maximum atomic E-state index is 11.9. The fourth-order valence-corrected chi connectivity index (χ4v) is 1.16. The Morgan fingerprint density at radius 1 is 1.31 bits per heavy atom. The predicted molar refractivity (Wildman–Crippen MR) is 48.7 cm³/mol. The monoisotopic (exact) mass is 235 g/mol. The number of rotatable bonds is 3. The van der Waals surface area contributed by atoms with E-state index in [0.29, 0.717) is 0 Å². The molecule has 0 spiro atoms. The Morgan fingerprint density at radius 2 is 1.81 bits per heavy atom. The molecule has 0 heterocycles. The Morgan fingerprint density at radius 3 is 2.19 bits per heavy atom. The first-order chi connectivity index (χ1) is 7.29. The number of nitrogens with zero attached hydrogens (tertiary/aromatic N) is 1. The highest BCUT2D eigenvalue weighted by Gasteiger charge is 2.31. The maximum absolute atomic E-state index is 11.9. The normalized spacial score (nSPS) is 13.5. The van der Waals surface area contributed by atoms with Crippen LogP contribution in [0.3, 0.4) is 0 Å². The lowest BCUT2D eigenvalue weighted by atomic mass is 10.1. The van der Waals surface area contributed by atoms with Crippen LogP contribution in [0.5, 0.6) is 0 Å². The molecule has 88 valence electrons. The van der Waals surface area contributed by atoms with Gasteiger partial charge in [0.15, 0.2) is 0 Å². The van der Waals surface area contributed by atoms with Gasteiger partial charge in [-0.2, -0.15) is 13.2 Å². The highest BCUT2D eigenvalue weighted by atomic mass is 19.4. The summed E-state index contributed by atoms with van der Waals surface area (Å²) >= 11 is 0. The van der Waals surface area contributed by atoms with E-state index in [1.54, 1.807) is 0 Å². The summed E-state index contributed by atoms with van der Waals surface area (Å²) in [4.78, 5) is 9.61. The summed E-state index contributed by atoms with van der Waals surface area (Å²) < 4.78 is 35.8. The molecule has 0 amide bonds. The van der Waals surface area contributed by atoms with Crippen molar-refractivity contribution in [3.8, 4) is 0 Å². The highest BCUT2D eigenvalue weighted by Crippen LogP contribution is 2.29. The van der Waals surface area contributed by atoms with Gasteiger partial charge in [-0.25, -0.2) is 0 Å². The van der Waals surface area contributed by atoms with Crippen LogP contribution in [0.15, 0.2) is 24.3 Å². The van der Waals surface area contributed by atoms with Gasteiger partial charge >= 0.3 is 6.18 Å². The van der Waals surface area contributed by atoms with Crippen LogP contribution in [0.4, 0.5) is 18.9 Å². The van der Waals surface area contributed by atoms with Crippen molar-refractivity contribution in [2.75, 3.05) is 0 Å². The molecule has 0 aliphatic rings. The van der Waals surface area contributed by atoms with E-state index in [4.69, 9.17) is 0 Å². The largest absolute Gasteiger partial charge is 0.391 e. The summed E-state index contributed by atoms with van der Waals surface area (Å²) in [7, 11) is 0. The molecule has 1 aromatic carbocycles. The minimum absolute atomic E-state index is 0.00271. The summed E-state index contributed by atoms with van der Waals surface area (Å²) in [6, 6.07) is 4.31. The lowest BCUT2D eigenvalue weighted by molar-refractivity contribution is -0.384. The molecular weight excluding hydrogens is 227 g/mol. The predicted octanol–water partition coefficient (Wildman–Crippen LogP) is 2.58. The molecule has 16 heavy (non-hydrogen) atoms. The fraction of sp³-hybridized carbons (Fsp3) is 0.333. The van der Waals surface area contributed by atoms with Gasteiger partial charge in [-0.3, -0.25) is 10.1 Å². The number of hydrogen-bond acceptors (Lipinski definition) is 3. The molecule has 1 atom stereocenters. The Bertz CT molecular complexity index is 375. The SMILES string of the molecule is O=[N+]([O-])c1ccc(C(O)CC(F)(F)F)cc1. The number of nitro groups is 1. The van der Waals surface area contributed by atoms with E-state index in [0.717, 1.165) is 24.3 Å². The Labute approximate surface area is 88.5 Å². The second-order valence-corrected chi connectivity index (χ2v) is 3.18. The van der Waals surface area contributed by atoms with E-state index >= 15 is 0 Å². The van der Waals surface area contributed by atoms with E-state index in [1.807, 2.05) is 0 Å². The van der Waals surface area contributed by atoms with Crippen LogP contribution in [-0.4, -0.2) is 16.2 Å². The second-order valence-electron chi connectivity index (χ2n) is 3.18. The van der Waals surface area contributed by atoms with Crippen LogP contribution in [0.25, 0.3) is 0 Å². The average molecular weight is 235 g/mol. The van der Waals surface area contributed by atoms with E-state index in [9.17, 15) is 28.4 Å². The summed E-state index contributed by atoms with van der Waals surface area (Å²) in [6.45, 7) is 0. The summed E-state index contributed by atoms with van der Waals surface area (Å²) in [6.07, 6.45) is -7.53. The van der Waals surface area contributed by atoms with Gasteiger partial charge in [-0.1, -0.05) is 0 Å². The van der Waals surface area contributed by atoms with Crippen molar-refractivity contribution in [2.24, 2.45) is 0 Å². The van der Waals surface area contributed by atoms with Crippen molar-refractivity contribution in [3.05, 3.63) is 39.9 Å². The number of halogens is 3. The van der Waals surface area contributed by atoms with E-state index in [1.165, 1.54) is 0 Å². The molecule has 0 aliphatic carbocycles. The lowest BCUT2D eigenvalue weighted by Gasteiger charge is -2.12. The molecule has 0 aliphatic heterocycles. The van der Waals surface area contributed by atoms with Crippen molar-refractivity contribution in [3.63, 3.8) is 0 Å². The number of non-ortho nitro benzene ring substituents is 1. The number of alkyl halides is 3. The average Bonchev–Trinajstić information content (AvgIpc) is 2.15. The van der Waals surface area contributed by atoms with E-state index in [2.05, 4.69) is 0 Å². The first-order valence-corrected chi connectivity index (χ1v) is 4.29. The summed E-state index contributed by atoms with van der Waals surface area (Å²) in [5.74, 6) is 0. The van der Waals surface area contributed by atoms with Gasteiger partial charge in [0.25, 0.3) is 5.69 Å². The van der Waals surface area contributed by atoms with Crippen molar-refractivity contribution in [1.29, 1.82) is 0 Å². The smallest absolute Gasteiger partial charge is 0.388 e. The first kappa shape index (κ1) is 12.4. The van der Waals surface area contributed by atoms with Crippen LogP contribution in [-0.2, 0) is 0 Å². The molecule has 0 bridgehead atoms. The van der Waals surface area contributed by atoms with E-state index < -0.39 is 23.6 Å². The summed E-state index contributed by atoms with van der Waals surface area (Å²) in [5.41, 5.74) is -0.231. The third-order valence-electron chi connectivity index (χ3n) is 1.91. The molecule has 1 rings (SSSR count). The van der Waals surface area contributed by atoms with Gasteiger partial charge < -0.3 is 5.11 Å². The number of aliphatic hydroxyl groups is 1. The third kappa shape index (κ3) is 3.50. The third-order valence-corrected chi connectivity index (χ3v) is 1.91. The molecule has 0 saturated heterocycles. The second kappa shape index (κ2) is 4.48. The molecule has 1 aromatic rings. The van der Waals surface area contributed by atoms with Gasteiger partial charge in [-0.15, -0.1) is 0 Å². The number of hydrogen-bond donors (Lipinski definition) is 1. The van der Waals surface area contributed by atoms with E-state index in [-0.39, 0.29) is 11.3 Å². The van der Waals surface area contributed by atoms with Crippen LogP contribution in [0.2, 0.25) is 0 Å². The van der Waals surface area contributed by atoms with Gasteiger partial charge in [0.2, 0.25) is 0 Å². The van der Waals surface area contributed by atoms with Crippen molar-refractivity contribution in [1.82, 2.24) is 0 Å².